The lowest BCUT2D eigenvalue weighted by molar-refractivity contribution is -0.147. The van der Waals surface area contributed by atoms with Crippen LogP contribution in [0.15, 0.2) is 18.2 Å². The molecule has 1 amide bonds. The summed E-state index contributed by atoms with van der Waals surface area (Å²) < 4.78 is 0. The van der Waals surface area contributed by atoms with Crippen LogP contribution in [0.4, 0.5) is 5.82 Å². The van der Waals surface area contributed by atoms with Crippen molar-refractivity contribution in [3.8, 4) is 0 Å². The Bertz CT molecular complexity index is 487. The Labute approximate surface area is 112 Å². The van der Waals surface area contributed by atoms with Gasteiger partial charge in [0.25, 0.3) is 0 Å². The molecule has 1 aliphatic rings. The summed E-state index contributed by atoms with van der Waals surface area (Å²) in [4.78, 5) is 27.6. The predicted molar refractivity (Wildman–Crippen MR) is 70.7 cm³/mol. The first kappa shape index (κ1) is 13.5. The van der Waals surface area contributed by atoms with E-state index in [4.69, 9.17) is 0 Å². The minimum atomic E-state index is -0.878. The number of nitrogens with one attached hydrogen (secondary N) is 1. The highest BCUT2D eigenvalue weighted by molar-refractivity contribution is 5.94. The third-order valence-electron chi connectivity index (χ3n) is 3.56. The van der Waals surface area contributed by atoms with Crippen molar-refractivity contribution >= 4 is 17.7 Å². The number of hydrogen-bond donors (Lipinski definition) is 2. The molecule has 1 aliphatic carbocycles. The van der Waals surface area contributed by atoms with Gasteiger partial charge in [-0.3, -0.25) is 9.59 Å². The molecule has 1 aromatic rings. The lowest BCUT2D eigenvalue weighted by atomic mass is 9.79. The standard InChI is InChI=1S/C14H18N2O3/c1-9-5-4-8-12(15-9)16-13(17)10-6-2-3-7-11(10)14(18)19/h4-5,8,10-11H,2-3,6-7H2,1H3,(H,18,19)(H,15,16,17)/t10-,11-/m1/s1. The highest BCUT2D eigenvalue weighted by Crippen LogP contribution is 2.31. The monoisotopic (exact) mass is 262 g/mol. The van der Waals surface area contributed by atoms with Crippen LogP contribution in [0.1, 0.15) is 31.4 Å². The first-order chi connectivity index (χ1) is 9.08. The molecule has 1 aromatic heterocycles. The van der Waals surface area contributed by atoms with Gasteiger partial charge in [0.05, 0.1) is 11.8 Å². The number of amides is 1. The van der Waals surface area contributed by atoms with Crippen molar-refractivity contribution in [3.63, 3.8) is 0 Å². The maximum Gasteiger partial charge on any atom is 0.307 e. The van der Waals surface area contributed by atoms with Crippen molar-refractivity contribution in [3.05, 3.63) is 23.9 Å². The van der Waals surface area contributed by atoms with Crippen molar-refractivity contribution < 1.29 is 14.7 Å². The molecule has 0 spiro atoms. The van der Waals surface area contributed by atoms with Gasteiger partial charge in [0.1, 0.15) is 5.82 Å². The van der Waals surface area contributed by atoms with E-state index < -0.39 is 17.8 Å². The number of carbonyl (C=O) groups excluding carboxylic acids is 1. The van der Waals surface area contributed by atoms with Gasteiger partial charge >= 0.3 is 5.97 Å². The summed E-state index contributed by atoms with van der Waals surface area (Å²) in [5.74, 6) is -1.64. The van der Waals surface area contributed by atoms with Gasteiger partial charge in [0, 0.05) is 5.69 Å². The maximum absolute atomic E-state index is 12.2. The number of aryl methyl sites for hydroxylation is 1. The van der Waals surface area contributed by atoms with Crippen LogP contribution >= 0.6 is 0 Å². The second-order valence-electron chi connectivity index (χ2n) is 4.99. The van der Waals surface area contributed by atoms with Crippen LogP contribution in [0.2, 0.25) is 0 Å². The fraction of sp³-hybridized carbons (Fsp3) is 0.500. The van der Waals surface area contributed by atoms with Crippen molar-refractivity contribution in [1.82, 2.24) is 4.98 Å². The van der Waals surface area contributed by atoms with Crippen LogP contribution in [0, 0.1) is 18.8 Å². The number of hydrogen-bond acceptors (Lipinski definition) is 3. The molecule has 0 saturated heterocycles. The van der Waals surface area contributed by atoms with Crippen LogP contribution in [0.3, 0.4) is 0 Å². The Morgan fingerprint density at radius 3 is 2.58 bits per heavy atom. The van der Waals surface area contributed by atoms with Crippen LogP contribution in [0.25, 0.3) is 0 Å². The summed E-state index contributed by atoms with van der Waals surface area (Å²) in [6.07, 6.45) is 3.00. The Morgan fingerprint density at radius 1 is 1.26 bits per heavy atom. The van der Waals surface area contributed by atoms with E-state index in [9.17, 15) is 14.7 Å². The number of pyridine rings is 1. The average molecular weight is 262 g/mol. The smallest absolute Gasteiger partial charge is 0.307 e. The Hall–Kier alpha value is -1.91. The zero-order valence-electron chi connectivity index (χ0n) is 10.9. The van der Waals surface area contributed by atoms with Crippen molar-refractivity contribution in [2.24, 2.45) is 11.8 Å². The second kappa shape index (κ2) is 5.82. The molecule has 102 valence electrons. The van der Waals surface area contributed by atoms with E-state index in [1.165, 1.54) is 0 Å². The van der Waals surface area contributed by atoms with E-state index in [1.807, 2.05) is 19.1 Å². The fourth-order valence-corrected chi connectivity index (χ4v) is 2.57. The van der Waals surface area contributed by atoms with E-state index in [0.29, 0.717) is 18.7 Å². The number of carbonyl (C=O) groups is 2. The summed E-state index contributed by atoms with van der Waals surface area (Å²) in [6.45, 7) is 1.84. The van der Waals surface area contributed by atoms with Gasteiger partial charge in [-0.2, -0.15) is 0 Å². The van der Waals surface area contributed by atoms with Crippen LogP contribution in [0.5, 0.6) is 0 Å². The molecule has 0 radical (unpaired) electrons. The zero-order chi connectivity index (χ0) is 13.8. The number of rotatable bonds is 3. The second-order valence-corrected chi connectivity index (χ2v) is 4.99. The lowest BCUT2D eigenvalue weighted by Gasteiger charge is -2.27. The summed E-state index contributed by atoms with van der Waals surface area (Å²) in [5, 5.41) is 11.9. The normalized spacial score (nSPS) is 22.8. The molecule has 2 rings (SSSR count). The number of aromatic nitrogens is 1. The largest absolute Gasteiger partial charge is 0.481 e. The number of anilines is 1. The maximum atomic E-state index is 12.2. The first-order valence-electron chi connectivity index (χ1n) is 6.55. The zero-order valence-corrected chi connectivity index (χ0v) is 10.9. The summed E-state index contributed by atoms with van der Waals surface area (Å²) >= 11 is 0. The molecule has 0 unspecified atom stereocenters. The van der Waals surface area contributed by atoms with Gasteiger partial charge in [-0.05, 0) is 31.9 Å². The minimum Gasteiger partial charge on any atom is -0.481 e. The van der Waals surface area contributed by atoms with Gasteiger partial charge < -0.3 is 10.4 Å². The van der Waals surface area contributed by atoms with Crippen molar-refractivity contribution in [1.29, 1.82) is 0 Å². The third kappa shape index (κ3) is 3.30. The SMILES string of the molecule is Cc1cccc(NC(=O)[C@@H]2CCCC[C@H]2C(=O)O)n1. The molecule has 19 heavy (non-hydrogen) atoms. The molecule has 5 nitrogen and oxygen atoms in total. The summed E-state index contributed by atoms with van der Waals surface area (Å²) in [6, 6.07) is 5.37. The quantitative estimate of drug-likeness (QED) is 0.875. The number of carboxylic acids is 1. The van der Waals surface area contributed by atoms with E-state index in [-0.39, 0.29) is 5.91 Å². The van der Waals surface area contributed by atoms with E-state index >= 15 is 0 Å². The van der Waals surface area contributed by atoms with Crippen LogP contribution in [-0.2, 0) is 9.59 Å². The Kier molecular flexibility index (Phi) is 4.14. The number of nitrogens with zero attached hydrogens (tertiary/aromatic N) is 1. The first-order valence-corrected chi connectivity index (χ1v) is 6.55. The van der Waals surface area contributed by atoms with Gasteiger partial charge in [0.2, 0.25) is 5.91 Å². The van der Waals surface area contributed by atoms with Crippen molar-refractivity contribution in [2.75, 3.05) is 5.32 Å². The van der Waals surface area contributed by atoms with E-state index in [1.54, 1.807) is 6.07 Å². The number of carboxylic acid groups (broad SMARTS) is 1. The molecule has 1 heterocycles. The predicted octanol–water partition coefficient (Wildman–Crippen LogP) is 2.22. The summed E-state index contributed by atoms with van der Waals surface area (Å²) in [5.41, 5.74) is 0.816. The molecule has 2 N–H and O–H groups in total. The molecule has 1 fully saturated rings. The van der Waals surface area contributed by atoms with Gasteiger partial charge in [-0.25, -0.2) is 4.98 Å². The average Bonchev–Trinajstić information content (AvgIpc) is 2.38. The minimum absolute atomic E-state index is 0.231. The molecule has 1 saturated carbocycles. The third-order valence-corrected chi connectivity index (χ3v) is 3.56. The van der Waals surface area contributed by atoms with Gasteiger partial charge in [-0.1, -0.05) is 18.9 Å². The molecule has 2 atom stereocenters. The molecular weight excluding hydrogens is 244 g/mol. The topological polar surface area (TPSA) is 79.3 Å². The van der Waals surface area contributed by atoms with Crippen molar-refractivity contribution in [2.45, 2.75) is 32.6 Å². The molecule has 0 aromatic carbocycles. The summed E-state index contributed by atoms with van der Waals surface area (Å²) in [7, 11) is 0. The van der Waals surface area contributed by atoms with Gasteiger partial charge in [-0.15, -0.1) is 0 Å². The van der Waals surface area contributed by atoms with Crippen LogP contribution in [-0.4, -0.2) is 22.0 Å². The van der Waals surface area contributed by atoms with Gasteiger partial charge in [0.15, 0.2) is 0 Å². The van der Waals surface area contributed by atoms with E-state index in [0.717, 1.165) is 18.5 Å². The number of aliphatic carboxylic acids is 1. The highest BCUT2D eigenvalue weighted by Gasteiger charge is 2.35. The fourth-order valence-electron chi connectivity index (χ4n) is 2.57. The lowest BCUT2D eigenvalue weighted by Crippen LogP contribution is -2.36. The molecule has 0 aliphatic heterocycles. The van der Waals surface area contributed by atoms with E-state index in [2.05, 4.69) is 10.3 Å². The Morgan fingerprint density at radius 2 is 1.95 bits per heavy atom. The van der Waals surface area contributed by atoms with Crippen LogP contribution < -0.4 is 5.32 Å². The highest BCUT2D eigenvalue weighted by atomic mass is 16.4. The molecular formula is C14H18N2O3. The Balaban J connectivity index is 2.07. The molecule has 0 bridgehead atoms. The molecule has 5 heteroatoms.